The molecule has 0 aliphatic heterocycles. The number of nitrogens with one attached hydrogen (secondary N) is 2. The molecule has 1 aromatic carbocycles. The first kappa shape index (κ1) is 19.3. The minimum atomic E-state index is -3.93. The molecular weight excluding hydrogens is 350 g/mol. The fourth-order valence-corrected chi connectivity index (χ4v) is 4.56. The Hall–Kier alpha value is -1.00. The molecule has 24 heavy (non-hydrogen) atoms. The van der Waals surface area contributed by atoms with Crippen LogP contribution in [-0.4, -0.2) is 36.0 Å². The first-order valence-corrected chi connectivity index (χ1v) is 11.2. The maximum atomic E-state index is 12.2. The third kappa shape index (κ3) is 5.82. The molecule has 0 bridgehead atoms. The van der Waals surface area contributed by atoms with Gasteiger partial charge in [0.1, 0.15) is 0 Å². The molecule has 0 saturated heterocycles. The summed E-state index contributed by atoms with van der Waals surface area (Å²) in [4.78, 5) is -0.328. The minimum absolute atomic E-state index is 0.108. The number of hydrogen-bond acceptors (Lipinski definition) is 5. The van der Waals surface area contributed by atoms with Crippen LogP contribution in [-0.2, 0) is 20.0 Å². The lowest BCUT2D eigenvalue weighted by Gasteiger charge is -2.16. The van der Waals surface area contributed by atoms with E-state index in [1.54, 1.807) is 0 Å². The molecule has 0 unspecified atom stereocenters. The van der Waals surface area contributed by atoms with E-state index in [-0.39, 0.29) is 16.3 Å². The molecule has 0 atom stereocenters. The quantitative estimate of drug-likeness (QED) is 0.484. The van der Waals surface area contributed by atoms with Gasteiger partial charge in [-0.3, -0.25) is 0 Å². The molecule has 136 valence electrons. The van der Waals surface area contributed by atoms with Gasteiger partial charge in [0.15, 0.2) is 0 Å². The molecule has 1 aromatic rings. The Bertz CT molecular complexity index is 740. The van der Waals surface area contributed by atoms with E-state index in [4.69, 9.17) is 5.14 Å². The normalized spacial score (nSPS) is 17.5. The summed E-state index contributed by atoms with van der Waals surface area (Å²) in [5.74, 6) is 0. The van der Waals surface area contributed by atoms with E-state index in [1.807, 2.05) is 0 Å². The third-order valence-corrected chi connectivity index (χ3v) is 6.52. The summed E-state index contributed by atoms with van der Waals surface area (Å²) in [5, 5.41) is 8.41. The van der Waals surface area contributed by atoms with Gasteiger partial charge in [-0.15, -0.1) is 0 Å². The van der Waals surface area contributed by atoms with E-state index in [1.165, 1.54) is 43.9 Å². The Labute approximate surface area is 144 Å². The SMILES string of the molecule is NS(=O)(=O)c1cccc(S(=O)(=O)NCCNC2CCCCCC2)c1. The van der Waals surface area contributed by atoms with E-state index in [0.717, 1.165) is 18.9 Å². The van der Waals surface area contributed by atoms with Crippen molar-refractivity contribution in [2.75, 3.05) is 13.1 Å². The molecule has 0 spiro atoms. The molecule has 9 heteroatoms. The average Bonchev–Trinajstić information content (AvgIpc) is 2.80. The van der Waals surface area contributed by atoms with Crippen molar-refractivity contribution >= 4 is 20.0 Å². The second-order valence-electron chi connectivity index (χ2n) is 6.06. The topological polar surface area (TPSA) is 118 Å². The van der Waals surface area contributed by atoms with Gasteiger partial charge in [-0.1, -0.05) is 31.7 Å². The Morgan fingerprint density at radius 3 is 2.21 bits per heavy atom. The first-order chi connectivity index (χ1) is 11.3. The van der Waals surface area contributed by atoms with Crippen LogP contribution >= 0.6 is 0 Å². The van der Waals surface area contributed by atoms with Crippen molar-refractivity contribution in [1.82, 2.24) is 10.0 Å². The maximum absolute atomic E-state index is 12.2. The third-order valence-electron chi connectivity index (χ3n) is 4.15. The molecule has 1 aliphatic rings. The summed E-state index contributed by atoms with van der Waals surface area (Å²) in [6.45, 7) is 0.789. The van der Waals surface area contributed by atoms with Crippen molar-refractivity contribution in [3.8, 4) is 0 Å². The molecule has 0 amide bonds. The lowest BCUT2D eigenvalue weighted by Crippen LogP contribution is -2.36. The summed E-state index contributed by atoms with van der Waals surface area (Å²) in [5.41, 5.74) is 0. The van der Waals surface area contributed by atoms with Crippen molar-refractivity contribution in [2.45, 2.75) is 54.4 Å². The lowest BCUT2D eigenvalue weighted by molar-refractivity contribution is 0.461. The molecule has 0 heterocycles. The van der Waals surface area contributed by atoms with Crippen LogP contribution in [0, 0.1) is 0 Å². The van der Waals surface area contributed by atoms with Crippen LogP contribution in [0.1, 0.15) is 38.5 Å². The average molecular weight is 376 g/mol. The standard InChI is InChI=1S/C15H25N3O4S2/c16-23(19,20)14-8-5-9-15(12-14)24(21,22)18-11-10-17-13-6-3-1-2-4-7-13/h5,8-9,12-13,17-18H,1-4,6-7,10-11H2,(H2,16,19,20). The van der Waals surface area contributed by atoms with Crippen LogP contribution in [0.3, 0.4) is 0 Å². The van der Waals surface area contributed by atoms with Crippen LogP contribution < -0.4 is 15.2 Å². The highest BCUT2D eigenvalue weighted by atomic mass is 32.2. The number of nitrogens with two attached hydrogens (primary N) is 1. The Kier molecular flexibility index (Phi) is 6.76. The predicted octanol–water partition coefficient (Wildman–Crippen LogP) is 0.925. The van der Waals surface area contributed by atoms with Gasteiger partial charge in [0.25, 0.3) is 0 Å². The number of benzene rings is 1. The van der Waals surface area contributed by atoms with Crippen molar-refractivity contribution in [3.63, 3.8) is 0 Å². The zero-order valence-electron chi connectivity index (χ0n) is 13.6. The van der Waals surface area contributed by atoms with Crippen LogP contribution in [0.15, 0.2) is 34.1 Å². The molecule has 2 rings (SSSR count). The van der Waals surface area contributed by atoms with Gasteiger partial charge in [-0.2, -0.15) is 0 Å². The number of sulfonamides is 2. The second-order valence-corrected chi connectivity index (χ2v) is 9.39. The van der Waals surface area contributed by atoms with E-state index in [2.05, 4.69) is 10.0 Å². The van der Waals surface area contributed by atoms with Crippen LogP contribution in [0.25, 0.3) is 0 Å². The number of primary sulfonamides is 1. The maximum Gasteiger partial charge on any atom is 0.240 e. The van der Waals surface area contributed by atoms with E-state index in [9.17, 15) is 16.8 Å². The predicted molar refractivity (Wildman–Crippen MR) is 92.5 cm³/mol. The summed E-state index contributed by atoms with van der Waals surface area (Å²) >= 11 is 0. The molecule has 4 N–H and O–H groups in total. The van der Waals surface area contributed by atoms with Crippen molar-refractivity contribution in [1.29, 1.82) is 0 Å². The zero-order valence-corrected chi connectivity index (χ0v) is 15.2. The Morgan fingerprint density at radius 1 is 0.958 bits per heavy atom. The smallest absolute Gasteiger partial charge is 0.240 e. The van der Waals surface area contributed by atoms with Gasteiger partial charge in [0.05, 0.1) is 9.79 Å². The van der Waals surface area contributed by atoms with E-state index in [0.29, 0.717) is 12.6 Å². The summed E-state index contributed by atoms with van der Waals surface area (Å²) in [7, 11) is -7.70. The minimum Gasteiger partial charge on any atom is -0.313 e. The van der Waals surface area contributed by atoms with Gasteiger partial charge in [0.2, 0.25) is 20.0 Å². The first-order valence-electron chi connectivity index (χ1n) is 8.15. The molecule has 0 radical (unpaired) electrons. The van der Waals surface area contributed by atoms with Gasteiger partial charge < -0.3 is 5.32 Å². The van der Waals surface area contributed by atoms with Gasteiger partial charge in [-0.25, -0.2) is 26.7 Å². The molecule has 7 nitrogen and oxygen atoms in total. The van der Waals surface area contributed by atoms with E-state index < -0.39 is 20.0 Å². The highest BCUT2D eigenvalue weighted by molar-refractivity contribution is 7.90. The number of rotatable bonds is 7. The summed E-state index contributed by atoms with van der Waals surface area (Å²) in [6.07, 6.45) is 7.22. The summed E-state index contributed by atoms with van der Waals surface area (Å²) < 4.78 is 49.6. The monoisotopic (exact) mass is 375 g/mol. The van der Waals surface area contributed by atoms with Crippen LogP contribution in [0.5, 0.6) is 0 Å². The van der Waals surface area contributed by atoms with Crippen LogP contribution in [0.4, 0.5) is 0 Å². The fraction of sp³-hybridized carbons (Fsp3) is 0.600. The molecule has 1 saturated carbocycles. The van der Waals surface area contributed by atoms with E-state index >= 15 is 0 Å². The van der Waals surface area contributed by atoms with Crippen molar-refractivity contribution < 1.29 is 16.8 Å². The number of hydrogen-bond donors (Lipinski definition) is 3. The lowest BCUT2D eigenvalue weighted by atomic mass is 10.1. The van der Waals surface area contributed by atoms with Crippen molar-refractivity contribution in [2.24, 2.45) is 5.14 Å². The van der Waals surface area contributed by atoms with Crippen molar-refractivity contribution in [3.05, 3.63) is 24.3 Å². The second kappa shape index (κ2) is 8.39. The molecule has 1 fully saturated rings. The highest BCUT2D eigenvalue weighted by Crippen LogP contribution is 2.17. The zero-order chi connectivity index (χ0) is 17.6. The largest absolute Gasteiger partial charge is 0.313 e. The highest BCUT2D eigenvalue weighted by Gasteiger charge is 2.17. The summed E-state index contributed by atoms with van der Waals surface area (Å²) in [6, 6.07) is 5.48. The van der Waals surface area contributed by atoms with Gasteiger partial charge in [-0.05, 0) is 31.0 Å². The Morgan fingerprint density at radius 2 is 1.58 bits per heavy atom. The molecule has 0 aromatic heterocycles. The van der Waals surface area contributed by atoms with Gasteiger partial charge in [0, 0.05) is 19.1 Å². The fourth-order valence-electron chi connectivity index (χ4n) is 2.85. The molecular formula is C15H25N3O4S2. The molecule has 1 aliphatic carbocycles. The van der Waals surface area contributed by atoms with Crippen LogP contribution in [0.2, 0.25) is 0 Å². The Balaban J connectivity index is 1.89. The van der Waals surface area contributed by atoms with Gasteiger partial charge >= 0.3 is 0 Å².